The van der Waals surface area contributed by atoms with Crippen LogP contribution in [0.1, 0.15) is 233 Å². The van der Waals surface area contributed by atoms with Crippen molar-refractivity contribution in [3.63, 3.8) is 0 Å². The number of hydrogen-bond donors (Lipinski definition) is 0. The van der Waals surface area contributed by atoms with Crippen molar-refractivity contribution in [3.8, 4) is 0 Å². The van der Waals surface area contributed by atoms with E-state index in [9.17, 15) is 14.4 Å². The molecule has 0 rings (SSSR count). The Morgan fingerprint density at radius 2 is 0.643 bits per heavy atom. The van der Waals surface area contributed by atoms with E-state index in [0.717, 1.165) is 116 Å². The Kier molecular flexibility index (Phi) is 53.5. The van der Waals surface area contributed by atoms with Gasteiger partial charge in [-0.1, -0.05) is 244 Å². The van der Waals surface area contributed by atoms with E-state index in [4.69, 9.17) is 14.2 Å². The van der Waals surface area contributed by atoms with Crippen molar-refractivity contribution in [3.05, 3.63) is 134 Å². The molecule has 1 unspecified atom stereocenters. The fraction of sp³-hybridized carbons (Fsp3) is 0.609. The zero-order valence-electron chi connectivity index (χ0n) is 45.0. The van der Waals surface area contributed by atoms with Crippen LogP contribution in [0.3, 0.4) is 0 Å². The molecule has 0 saturated carbocycles. The van der Waals surface area contributed by atoms with Gasteiger partial charge in [-0.25, -0.2) is 0 Å². The molecule has 0 radical (unpaired) electrons. The molecule has 70 heavy (non-hydrogen) atoms. The number of rotatable bonds is 49. The molecule has 0 aliphatic heterocycles. The van der Waals surface area contributed by atoms with Crippen molar-refractivity contribution >= 4 is 17.9 Å². The van der Waals surface area contributed by atoms with Crippen LogP contribution in [0.2, 0.25) is 0 Å². The van der Waals surface area contributed by atoms with Crippen LogP contribution < -0.4 is 0 Å². The quantitative estimate of drug-likeness (QED) is 0.0199. The van der Waals surface area contributed by atoms with Crippen LogP contribution in [0, 0.1) is 0 Å². The molecule has 0 spiro atoms. The highest BCUT2D eigenvalue weighted by atomic mass is 16.6. The summed E-state index contributed by atoms with van der Waals surface area (Å²) in [5.41, 5.74) is 0. The first-order valence-corrected chi connectivity index (χ1v) is 28.3. The second-order valence-electron chi connectivity index (χ2n) is 18.2. The normalized spacial score (nSPS) is 13.1. The molecule has 0 aromatic heterocycles. The minimum atomic E-state index is -0.832. The summed E-state index contributed by atoms with van der Waals surface area (Å²) < 4.78 is 16.8. The molecule has 0 bridgehead atoms. The van der Waals surface area contributed by atoms with Crippen molar-refractivity contribution in [2.24, 2.45) is 0 Å². The molecule has 0 aliphatic rings. The van der Waals surface area contributed by atoms with Gasteiger partial charge in [0.2, 0.25) is 0 Å². The van der Waals surface area contributed by atoms with E-state index >= 15 is 0 Å². The zero-order chi connectivity index (χ0) is 50.7. The predicted octanol–water partition coefficient (Wildman–Crippen LogP) is 19.0. The molecule has 0 aromatic rings. The second-order valence-corrected chi connectivity index (χ2v) is 18.2. The molecule has 394 valence electrons. The lowest BCUT2D eigenvalue weighted by molar-refractivity contribution is -0.166. The summed E-state index contributed by atoms with van der Waals surface area (Å²) in [4.78, 5) is 38.1. The highest BCUT2D eigenvalue weighted by Gasteiger charge is 2.19. The van der Waals surface area contributed by atoms with E-state index < -0.39 is 6.10 Å². The van der Waals surface area contributed by atoms with E-state index in [-0.39, 0.29) is 44.0 Å². The summed E-state index contributed by atoms with van der Waals surface area (Å²) in [7, 11) is 0. The number of unbranched alkanes of at least 4 members (excludes halogenated alkanes) is 20. The van der Waals surface area contributed by atoms with Gasteiger partial charge in [-0.2, -0.15) is 0 Å². The van der Waals surface area contributed by atoms with Crippen molar-refractivity contribution < 1.29 is 28.6 Å². The monoisotopic (exact) mass is 967 g/mol. The van der Waals surface area contributed by atoms with Crippen LogP contribution in [-0.2, 0) is 28.6 Å². The molecule has 0 amide bonds. The topological polar surface area (TPSA) is 78.9 Å². The van der Waals surface area contributed by atoms with Crippen molar-refractivity contribution in [2.75, 3.05) is 13.2 Å². The minimum absolute atomic E-state index is 0.124. The third kappa shape index (κ3) is 54.5. The molecule has 0 aliphatic carbocycles. The largest absolute Gasteiger partial charge is 0.462 e. The number of allylic oxidation sites excluding steroid dienone is 22. The Morgan fingerprint density at radius 1 is 0.314 bits per heavy atom. The van der Waals surface area contributed by atoms with Gasteiger partial charge in [0.25, 0.3) is 0 Å². The number of carbonyl (C=O) groups is 3. The smallest absolute Gasteiger partial charge is 0.306 e. The number of carbonyl (C=O) groups excluding carboxylic acids is 3. The Balaban J connectivity index is 4.59. The van der Waals surface area contributed by atoms with Crippen molar-refractivity contribution in [2.45, 2.75) is 239 Å². The summed E-state index contributed by atoms with van der Waals surface area (Å²) in [6.07, 6.45) is 80.1. The minimum Gasteiger partial charge on any atom is -0.462 e. The maximum atomic E-state index is 12.9. The predicted molar refractivity (Wildman–Crippen MR) is 302 cm³/mol. The first-order valence-electron chi connectivity index (χ1n) is 28.3. The molecular weight excluding hydrogens is 865 g/mol. The molecule has 6 nitrogen and oxygen atoms in total. The molecule has 0 saturated heterocycles. The highest BCUT2D eigenvalue weighted by molar-refractivity contribution is 5.71. The van der Waals surface area contributed by atoms with Crippen LogP contribution in [0.25, 0.3) is 0 Å². The third-order valence-electron chi connectivity index (χ3n) is 11.5. The van der Waals surface area contributed by atoms with Crippen LogP contribution in [0.15, 0.2) is 134 Å². The zero-order valence-corrected chi connectivity index (χ0v) is 45.0. The first kappa shape index (κ1) is 65.5. The molecule has 0 N–H and O–H groups in total. The van der Waals surface area contributed by atoms with Gasteiger partial charge in [-0.3, -0.25) is 14.4 Å². The first-order chi connectivity index (χ1) is 34.5. The van der Waals surface area contributed by atoms with Gasteiger partial charge in [0.05, 0.1) is 0 Å². The molecular formula is C64H102O6. The maximum Gasteiger partial charge on any atom is 0.306 e. The summed E-state index contributed by atoms with van der Waals surface area (Å²) in [6, 6.07) is 0. The summed E-state index contributed by atoms with van der Waals surface area (Å²) in [5.74, 6) is -1.05. The molecule has 1 atom stereocenters. The fourth-order valence-corrected chi connectivity index (χ4v) is 7.26. The van der Waals surface area contributed by atoms with Gasteiger partial charge in [0.1, 0.15) is 13.2 Å². The van der Waals surface area contributed by atoms with Crippen molar-refractivity contribution in [1.82, 2.24) is 0 Å². The van der Waals surface area contributed by atoms with Crippen LogP contribution >= 0.6 is 0 Å². The fourth-order valence-electron chi connectivity index (χ4n) is 7.26. The van der Waals surface area contributed by atoms with E-state index in [1.807, 2.05) is 12.2 Å². The standard InChI is InChI=1S/C64H102O6/c1-4-7-10-13-16-19-22-25-28-31-33-36-39-42-45-48-51-54-57-63(66)69-60-61(59-68-62(65)56-53-50-47-44-41-38-35-30-27-24-21-18-15-12-9-6-3)70-64(67)58-55-52-49-46-43-40-37-34-32-29-26-23-20-17-14-11-8-5-2/h9,12,16,18-19,21-22,25,27-34,36-38,41,47,50,61H,4-8,10-11,13-15,17,20,23-24,26,35,39-40,42-46,48-49,51-60H2,1-3H3/b12-9-,19-16-,21-18-,25-22-,30-27-,31-28-,32-29-,36-33-,37-34-,41-38-,50-47-. The molecule has 6 heteroatoms. The molecule has 0 fully saturated rings. The van der Waals surface area contributed by atoms with E-state index in [0.29, 0.717) is 12.8 Å². The average Bonchev–Trinajstić information content (AvgIpc) is 3.36. The lowest BCUT2D eigenvalue weighted by Crippen LogP contribution is -2.30. The number of hydrogen-bond acceptors (Lipinski definition) is 6. The Morgan fingerprint density at radius 3 is 1.10 bits per heavy atom. The van der Waals surface area contributed by atoms with E-state index in [2.05, 4.69) is 142 Å². The average molecular weight is 968 g/mol. The Hall–Kier alpha value is -4.45. The van der Waals surface area contributed by atoms with Gasteiger partial charge in [0.15, 0.2) is 6.10 Å². The molecule has 0 aromatic carbocycles. The maximum absolute atomic E-state index is 12.9. The van der Waals surface area contributed by atoms with Gasteiger partial charge >= 0.3 is 17.9 Å². The van der Waals surface area contributed by atoms with Gasteiger partial charge in [-0.15, -0.1) is 0 Å². The molecule has 0 heterocycles. The lowest BCUT2D eigenvalue weighted by Gasteiger charge is -2.18. The second kappa shape index (κ2) is 57.1. The SMILES string of the molecule is CC/C=C\C/C=C\C/C=C\C/C=C\C/C=C\CCC(=O)OCC(COC(=O)CCCCCCC\C=C/C=C\C=C/C=C\CCCCC)OC(=O)CCCCCCC/C=C\C=C/CCCCCCCCC. The third-order valence-corrected chi connectivity index (χ3v) is 11.5. The summed E-state index contributed by atoms with van der Waals surface area (Å²) >= 11 is 0. The summed E-state index contributed by atoms with van der Waals surface area (Å²) in [6.45, 7) is 6.37. The Bertz CT molecular complexity index is 1530. The van der Waals surface area contributed by atoms with E-state index in [1.54, 1.807) is 0 Å². The lowest BCUT2D eigenvalue weighted by atomic mass is 10.1. The van der Waals surface area contributed by atoms with Crippen LogP contribution in [-0.4, -0.2) is 37.2 Å². The van der Waals surface area contributed by atoms with Crippen LogP contribution in [0.4, 0.5) is 0 Å². The Labute approximate surface area is 430 Å². The van der Waals surface area contributed by atoms with E-state index in [1.165, 1.54) is 70.6 Å². The van der Waals surface area contributed by atoms with Gasteiger partial charge < -0.3 is 14.2 Å². The van der Waals surface area contributed by atoms with Crippen molar-refractivity contribution in [1.29, 1.82) is 0 Å². The van der Waals surface area contributed by atoms with Crippen LogP contribution in [0.5, 0.6) is 0 Å². The number of ether oxygens (including phenoxy) is 3. The number of esters is 3. The van der Waals surface area contributed by atoms with Gasteiger partial charge in [0, 0.05) is 19.3 Å². The highest BCUT2D eigenvalue weighted by Crippen LogP contribution is 2.13. The summed E-state index contributed by atoms with van der Waals surface area (Å²) in [5, 5.41) is 0. The van der Waals surface area contributed by atoms with Gasteiger partial charge in [-0.05, 0) is 103 Å².